The number of aliphatic carboxylic acids is 1. The molecule has 0 spiro atoms. The molecule has 0 saturated carbocycles. The third kappa shape index (κ3) is 2.25. The summed E-state index contributed by atoms with van der Waals surface area (Å²) in [7, 11) is 1.73. The van der Waals surface area contributed by atoms with Gasteiger partial charge in [0, 0.05) is 12.1 Å². The molecule has 0 bridgehead atoms. The average molecular weight is 255 g/mol. The smallest absolute Gasteiger partial charge is 0.306 e. The topological polar surface area (TPSA) is 75.4 Å². The van der Waals surface area contributed by atoms with E-state index in [0.717, 1.165) is 5.52 Å². The van der Waals surface area contributed by atoms with Crippen LogP contribution in [0.15, 0.2) is 18.2 Å². The zero-order valence-corrected chi connectivity index (χ0v) is 9.85. The predicted molar refractivity (Wildman–Crippen MR) is 62.9 cm³/mol. The fourth-order valence-electron chi connectivity index (χ4n) is 1.75. The molecule has 17 heavy (non-hydrogen) atoms. The summed E-state index contributed by atoms with van der Waals surface area (Å²) in [5.41, 5.74) is 1.44. The molecule has 2 N–H and O–H groups in total. The van der Waals surface area contributed by atoms with Crippen LogP contribution in [0.5, 0.6) is 0 Å². The van der Waals surface area contributed by atoms with Crippen molar-refractivity contribution in [1.29, 1.82) is 0 Å². The zero-order chi connectivity index (χ0) is 12.6. The van der Waals surface area contributed by atoms with Crippen LogP contribution in [0.25, 0.3) is 11.0 Å². The number of aromatic nitrogens is 2. The lowest BCUT2D eigenvalue weighted by Gasteiger charge is -2.07. The van der Waals surface area contributed by atoms with Gasteiger partial charge in [0.1, 0.15) is 11.9 Å². The van der Waals surface area contributed by atoms with Crippen molar-refractivity contribution in [2.45, 2.75) is 12.5 Å². The predicted octanol–water partition coefficient (Wildman–Crippen LogP) is 1.73. The summed E-state index contributed by atoms with van der Waals surface area (Å²) in [6, 6.07) is 5.18. The molecule has 2 rings (SSSR count). The van der Waals surface area contributed by atoms with Gasteiger partial charge in [-0.3, -0.25) is 4.79 Å². The van der Waals surface area contributed by atoms with Crippen molar-refractivity contribution >= 4 is 28.6 Å². The number of halogens is 1. The highest BCUT2D eigenvalue weighted by atomic mass is 35.5. The van der Waals surface area contributed by atoms with E-state index >= 15 is 0 Å². The van der Waals surface area contributed by atoms with Crippen LogP contribution >= 0.6 is 11.6 Å². The highest BCUT2D eigenvalue weighted by Crippen LogP contribution is 2.23. The molecule has 0 radical (unpaired) electrons. The van der Waals surface area contributed by atoms with E-state index in [4.69, 9.17) is 16.7 Å². The van der Waals surface area contributed by atoms with E-state index in [0.29, 0.717) is 16.4 Å². The third-order valence-electron chi connectivity index (χ3n) is 2.54. The van der Waals surface area contributed by atoms with Crippen LogP contribution in [-0.4, -0.2) is 25.7 Å². The molecule has 0 fully saturated rings. The first kappa shape index (κ1) is 11.9. The maximum absolute atomic E-state index is 10.5. The van der Waals surface area contributed by atoms with Gasteiger partial charge >= 0.3 is 5.97 Å². The maximum atomic E-state index is 10.5. The summed E-state index contributed by atoms with van der Waals surface area (Å²) in [4.78, 5) is 14.7. The summed E-state index contributed by atoms with van der Waals surface area (Å²) >= 11 is 5.84. The van der Waals surface area contributed by atoms with Crippen molar-refractivity contribution in [3.8, 4) is 0 Å². The van der Waals surface area contributed by atoms with E-state index < -0.39 is 12.1 Å². The molecule has 0 amide bonds. The Bertz CT molecular complexity index is 579. The molecule has 0 aliphatic carbocycles. The van der Waals surface area contributed by atoms with E-state index in [-0.39, 0.29) is 6.42 Å². The number of carboxylic acids is 1. The molecular weight excluding hydrogens is 244 g/mol. The lowest BCUT2D eigenvalue weighted by atomic mass is 10.2. The van der Waals surface area contributed by atoms with Gasteiger partial charge in [-0.2, -0.15) is 0 Å². The molecule has 5 nitrogen and oxygen atoms in total. The van der Waals surface area contributed by atoms with Crippen molar-refractivity contribution in [1.82, 2.24) is 9.55 Å². The van der Waals surface area contributed by atoms with Crippen molar-refractivity contribution < 1.29 is 15.0 Å². The Labute approximate surface area is 102 Å². The van der Waals surface area contributed by atoms with E-state index in [1.165, 1.54) is 0 Å². The van der Waals surface area contributed by atoms with Crippen molar-refractivity contribution in [2.75, 3.05) is 0 Å². The van der Waals surface area contributed by atoms with Gasteiger partial charge in [-0.05, 0) is 18.2 Å². The van der Waals surface area contributed by atoms with Crippen molar-refractivity contribution in [2.24, 2.45) is 7.05 Å². The summed E-state index contributed by atoms with van der Waals surface area (Å²) in [6.45, 7) is 0. The van der Waals surface area contributed by atoms with E-state index in [1.807, 2.05) is 0 Å². The van der Waals surface area contributed by atoms with Crippen LogP contribution in [-0.2, 0) is 11.8 Å². The van der Waals surface area contributed by atoms with Gasteiger partial charge in [-0.1, -0.05) is 11.6 Å². The number of aryl methyl sites for hydroxylation is 1. The van der Waals surface area contributed by atoms with Crippen LogP contribution in [0.3, 0.4) is 0 Å². The highest BCUT2D eigenvalue weighted by molar-refractivity contribution is 6.31. The molecule has 2 aromatic rings. The summed E-state index contributed by atoms with van der Waals surface area (Å²) in [5, 5.41) is 18.9. The number of carbonyl (C=O) groups is 1. The first-order valence-corrected chi connectivity index (χ1v) is 5.38. The van der Waals surface area contributed by atoms with Gasteiger partial charge < -0.3 is 14.8 Å². The van der Waals surface area contributed by atoms with Crippen LogP contribution < -0.4 is 0 Å². The second-order valence-electron chi connectivity index (χ2n) is 3.78. The quantitative estimate of drug-likeness (QED) is 0.875. The van der Waals surface area contributed by atoms with Gasteiger partial charge in [0.15, 0.2) is 0 Å². The maximum Gasteiger partial charge on any atom is 0.306 e. The molecule has 6 heteroatoms. The summed E-state index contributed by atoms with van der Waals surface area (Å²) < 4.78 is 1.67. The Morgan fingerprint density at radius 1 is 1.59 bits per heavy atom. The first-order valence-electron chi connectivity index (χ1n) is 5.01. The van der Waals surface area contributed by atoms with Gasteiger partial charge in [-0.15, -0.1) is 0 Å². The average Bonchev–Trinajstić information content (AvgIpc) is 2.54. The Hall–Kier alpha value is -1.59. The number of carboxylic acid groups (broad SMARTS) is 1. The Balaban J connectivity index is 2.48. The molecule has 1 heterocycles. The largest absolute Gasteiger partial charge is 0.481 e. The molecule has 0 aliphatic heterocycles. The minimum absolute atomic E-state index is 0.324. The lowest BCUT2D eigenvalue weighted by Crippen LogP contribution is -2.10. The number of nitrogens with zero attached hydrogens (tertiary/aromatic N) is 2. The molecule has 0 aliphatic rings. The minimum atomic E-state index is -1.12. The summed E-state index contributed by atoms with van der Waals surface area (Å²) in [5.74, 6) is -0.743. The molecule has 0 unspecified atom stereocenters. The highest BCUT2D eigenvalue weighted by Gasteiger charge is 2.18. The van der Waals surface area contributed by atoms with Gasteiger partial charge in [0.05, 0.1) is 17.5 Å². The number of aliphatic hydroxyl groups excluding tert-OH is 1. The van der Waals surface area contributed by atoms with E-state index in [9.17, 15) is 9.90 Å². The van der Waals surface area contributed by atoms with Crippen LogP contribution in [0.1, 0.15) is 18.3 Å². The SMILES string of the molecule is Cn1c([C@H](O)CC(=O)O)nc2cc(Cl)ccc21. The van der Waals surface area contributed by atoms with E-state index in [2.05, 4.69) is 4.98 Å². The molecule has 1 aromatic heterocycles. The molecule has 1 atom stereocenters. The zero-order valence-electron chi connectivity index (χ0n) is 9.09. The fraction of sp³-hybridized carbons (Fsp3) is 0.273. The third-order valence-corrected chi connectivity index (χ3v) is 2.78. The summed E-state index contributed by atoms with van der Waals surface area (Å²) in [6.07, 6.45) is -1.49. The number of fused-ring (bicyclic) bond motifs is 1. The molecular formula is C11H11ClN2O3. The second kappa shape index (κ2) is 4.35. The molecule has 0 saturated heterocycles. The number of rotatable bonds is 3. The van der Waals surface area contributed by atoms with Gasteiger partial charge in [-0.25, -0.2) is 4.98 Å². The van der Waals surface area contributed by atoms with Gasteiger partial charge in [0.25, 0.3) is 0 Å². The Morgan fingerprint density at radius 2 is 2.29 bits per heavy atom. The normalized spacial score (nSPS) is 12.9. The van der Waals surface area contributed by atoms with Crippen LogP contribution in [0, 0.1) is 0 Å². The fourth-order valence-corrected chi connectivity index (χ4v) is 1.91. The Morgan fingerprint density at radius 3 is 2.94 bits per heavy atom. The molecule has 90 valence electrons. The van der Waals surface area contributed by atoms with Crippen LogP contribution in [0.2, 0.25) is 5.02 Å². The first-order chi connectivity index (χ1) is 7.99. The number of imidazole rings is 1. The number of hydrogen-bond donors (Lipinski definition) is 2. The monoisotopic (exact) mass is 254 g/mol. The molecule has 1 aromatic carbocycles. The minimum Gasteiger partial charge on any atom is -0.481 e. The standard InChI is InChI=1S/C11H11ClN2O3/c1-14-8-3-2-6(12)4-7(8)13-11(14)9(15)5-10(16)17/h2-4,9,15H,5H2,1H3,(H,16,17)/t9-/m1/s1. The van der Waals surface area contributed by atoms with Gasteiger partial charge in [0.2, 0.25) is 0 Å². The number of hydrogen-bond acceptors (Lipinski definition) is 3. The number of aliphatic hydroxyl groups is 1. The van der Waals surface area contributed by atoms with Crippen LogP contribution in [0.4, 0.5) is 0 Å². The lowest BCUT2D eigenvalue weighted by molar-refractivity contribution is -0.139. The second-order valence-corrected chi connectivity index (χ2v) is 4.21. The number of benzene rings is 1. The van der Waals surface area contributed by atoms with Crippen molar-refractivity contribution in [3.63, 3.8) is 0 Å². The van der Waals surface area contributed by atoms with Crippen molar-refractivity contribution in [3.05, 3.63) is 29.0 Å². The Kier molecular flexibility index (Phi) is 3.04. The van der Waals surface area contributed by atoms with E-state index in [1.54, 1.807) is 29.8 Å².